The minimum absolute atomic E-state index is 0.0531. The highest BCUT2D eigenvalue weighted by Gasteiger charge is 2.22. The average molecular weight is 416 g/mol. The van der Waals surface area contributed by atoms with E-state index in [2.05, 4.69) is 10.6 Å². The smallest absolute Gasteiger partial charge is 0.408 e. The van der Waals surface area contributed by atoms with Crippen molar-refractivity contribution >= 4 is 23.5 Å². The van der Waals surface area contributed by atoms with Gasteiger partial charge in [0.05, 0.1) is 0 Å². The molecule has 0 heterocycles. The Kier molecular flexibility index (Phi) is 7.54. The first-order valence-electron chi connectivity index (χ1n) is 9.94. The Bertz CT molecular complexity index is 1020. The monoisotopic (exact) mass is 416 g/mol. The van der Waals surface area contributed by atoms with Crippen LogP contribution in [0.3, 0.4) is 0 Å². The van der Waals surface area contributed by atoms with E-state index in [9.17, 15) is 14.4 Å². The minimum atomic E-state index is -0.835. The van der Waals surface area contributed by atoms with Crippen molar-refractivity contribution in [3.8, 4) is 0 Å². The SMILES string of the molecule is CC(=O)c1ccc(NC(=O)C(Cc2ccccc2)NC(=O)OCc2ccccc2)cc1. The molecule has 0 bridgehead atoms. The molecule has 0 radical (unpaired) electrons. The van der Waals surface area contributed by atoms with Crippen molar-refractivity contribution < 1.29 is 19.1 Å². The number of benzene rings is 3. The lowest BCUT2D eigenvalue weighted by atomic mass is 10.1. The summed E-state index contributed by atoms with van der Waals surface area (Å²) in [6.07, 6.45) is -0.370. The number of Topliss-reactive ketones (excluding diaryl/α,β-unsaturated/α-hetero) is 1. The largest absolute Gasteiger partial charge is 0.445 e. The number of alkyl carbamates (subject to hydrolysis) is 1. The zero-order chi connectivity index (χ0) is 22.1. The molecule has 0 saturated carbocycles. The zero-order valence-corrected chi connectivity index (χ0v) is 17.2. The molecule has 1 unspecified atom stereocenters. The second kappa shape index (κ2) is 10.7. The first kappa shape index (κ1) is 21.8. The Balaban J connectivity index is 1.66. The summed E-state index contributed by atoms with van der Waals surface area (Å²) < 4.78 is 5.27. The first-order chi connectivity index (χ1) is 15.0. The van der Waals surface area contributed by atoms with E-state index in [1.54, 1.807) is 24.3 Å². The van der Waals surface area contributed by atoms with Crippen LogP contribution in [-0.4, -0.2) is 23.8 Å². The normalized spacial score (nSPS) is 11.3. The van der Waals surface area contributed by atoms with Gasteiger partial charge in [0.15, 0.2) is 5.78 Å². The molecule has 0 saturated heterocycles. The maximum atomic E-state index is 12.9. The van der Waals surface area contributed by atoms with Crippen LogP contribution >= 0.6 is 0 Å². The number of nitrogens with one attached hydrogen (secondary N) is 2. The fourth-order valence-electron chi connectivity index (χ4n) is 2.98. The number of ether oxygens (including phenoxy) is 1. The second-order valence-electron chi connectivity index (χ2n) is 7.07. The summed E-state index contributed by atoms with van der Waals surface area (Å²) in [6.45, 7) is 1.59. The van der Waals surface area contributed by atoms with Crippen LogP contribution in [0, 0.1) is 0 Å². The van der Waals surface area contributed by atoms with Crippen molar-refractivity contribution in [2.45, 2.75) is 26.0 Å². The van der Waals surface area contributed by atoms with Crippen molar-refractivity contribution in [3.63, 3.8) is 0 Å². The quantitative estimate of drug-likeness (QED) is 0.534. The van der Waals surface area contributed by atoms with Crippen LogP contribution < -0.4 is 10.6 Å². The van der Waals surface area contributed by atoms with Gasteiger partial charge in [0.1, 0.15) is 12.6 Å². The molecule has 0 spiro atoms. The van der Waals surface area contributed by atoms with E-state index >= 15 is 0 Å². The topological polar surface area (TPSA) is 84.5 Å². The molecule has 31 heavy (non-hydrogen) atoms. The fourth-order valence-corrected chi connectivity index (χ4v) is 2.98. The lowest BCUT2D eigenvalue weighted by molar-refractivity contribution is -0.118. The molecule has 3 aromatic carbocycles. The summed E-state index contributed by atoms with van der Waals surface area (Å²) in [6, 6.07) is 24.5. The van der Waals surface area contributed by atoms with Gasteiger partial charge in [0.25, 0.3) is 0 Å². The lowest BCUT2D eigenvalue weighted by Crippen LogP contribution is -2.45. The molecule has 0 aromatic heterocycles. The van der Waals surface area contributed by atoms with Crippen LogP contribution in [0.15, 0.2) is 84.9 Å². The van der Waals surface area contributed by atoms with Crippen LogP contribution in [-0.2, 0) is 22.6 Å². The third-order valence-corrected chi connectivity index (χ3v) is 4.66. The summed E-state index contributed by atoms with van der Waals surface area (Å²) in [4.78, 5) is 36.7. The summed E-state index contributed by atoms with van der Waals surface area (Å²) in [5.41, 5.74) is 2.85. The lowest BCUT2D eigenvalue weighted by Gasteiger charge is -2.19. The second-order valence-corrected chi connectivity index (χ2v) is 7.07. The number of carbonyl (C=O) groups excluding carboxylic acids is 3. The molecule has 0 aliphatic rings. The Morgan fingerprint density at radius 1 is 0.806 bits per heavy atom. The van der Waals surface area contributed by atoms with Gasteiger partial charge in [0.2, 0.25) is 5.91 Å². The molecule has 0 fully saturated rings. The number of ketones is 1. The van der Waals surface area contributed by atoms with E-state index < -0.39 is 12.1 Å². The van der Waals surface area contributed by atoms with Crippen LogP contribution in [0.4, 0.5) is 10.5 Å². The van der Waals surface area contributed by atoms with Crippen molar-refractivity contribution in [3.05, 3.63) is 102 Å². The molecule has 158 valence electrons. The molecular weight excluding hydrogens is 392 g/mol. The van der Waals surface area contributed by atoms with Crippen LogP contribution in [0.1, 0.15) is 28.4 Å². The number of carbonyl (C=O) groups is 3. The van der Waals surface area contributed by atoms with Crippen molar-refractivity contribution in [1.29, 1.82) is 0 Å². The van der Waals surface area contributed by atoms with E-state index in [4.69, 9.17) is 4.74 Å². The van der Waals surface area contributed by atoms with E-state index in [1.165, 1.54) is 6.92 Å². The molecular formula is C25H24N2O4. The van der Waals surface area contributed by atoms with E-state index in [0.717, 1.165) is 11.1 Å². The summed E-state index contributed by atoms with van der Waals surface area (Å²) in [7, 11) is 0. The van der Waals surface area contributed by atoms with Crippen LogP contribution in [0.2, 0.25) is 0 Å². The van der Waals surface area contributed by atoms with Gasteiger partial charge in [-0.1, -0.05) is 60.7 Å². The van der Waals surface area contributed by atoms with Gasteiger partial charge in [-0.05, 0) is 42.3 Å². The Morgan fingerprint density at radius 3 is 1.97 bits per heavy atom. The van der Waals surface area contributed by atoms with Gasteiger partial charge in [-0.3, -0.25) is 9.59 Å². The third kappa shape index (κ3) is 6.82. The van der Waals surface area contributed by atoms with Crippen molar-refractivity contribution in [1.82, 2.24) is 5.32 Å². The number of amides is 2. The molecule has 1 atom stereocenters. The van der Waals surface area contributed by atoms with Gasteiger partial charge < -0.3 is 15.4 Å². The maximum Gasteiger partial charge on any atom is 0.408 e. The minimum Gasteiger partial charge on any atom is -0.445 e. The summed E-state index contributed by atoms with van der Waals surface area (Å²) in [5, 5.41) is 5.45. The highest BCUT2D eigenvalue weighted by atomic mass is 16.5. The van der Waals surface area contributed by atoms with Gasteiger partial charge in [-0.2, -0.15) is 0 Å². The van der Waals surface area contributed by atoms with Crippen LogP contribution in [0.5, 0.6) is 0 Å². The number of rotatable bonds is 8. The molecule has 6 nitrogen and oxygen atoms in total. The van der Waals surface area contributed by atoms with Gasteiger partial charge >= 0.3 is 6.09 Å². The number of anilines is 1. The molecule has 0 aliphatic carbocycles. The zero-order valence-electron chi connectivity index (χ0n) is 17.2. The molecule has 2 amide bonds. The number of hydrogen-bond acceptors (Lipinski definition) is 4. The molecule has 2 N–H and O–H groups in total. The van der Waals surface area contributed by atoms with E-state index in [1.807, 2.05) is 60.7 Å². The molecule has 6 heteroatoms. The molecule has 3 rings (SSSR count). The van der Waals surface area contributed by atoms with Gasteiger partial charge in [0, 0.05) is 17.7 Å². The Labute approximate surface area is 181 Å². The highest BCUT2D eigenvalue weighted by molar-refractivity contribution is 5.98. The van der Waals surface area contributed by atoms with Gasteiger partial charge in [-0.15, -0.1) is 0 Å². The van der Waals surface area contributed by atoms with Crippen LogP contribution in [0.25, 0.3) is 0 Å². The predicted octanol–water partition coefficient (Wildman–Crippen LogP) is 4.37. The van der Waals surface area contributed by atoms with Crippen molar-refractivity contribution in [2.75, 3.05) is 5.32 Å². The predicted molar refractivity (Wildman–Crippen MR) is 119 cm³/mol. The highest BCUT2D eigenvalue weighted by Crippen LogP contribution is 2.12. The maximum absolute atomic E-state index is 12.9. The fraction of sp³-hybridized carbons (Fsp3) is 0.160. The Hall–Kier alpha value is -3.93. The van der Waals surface area contributed by atoms with E-state index in [-0.39, 0.29) is 18.3 Å². The van der Waals surface area contributed by atoms with Gasteiger partial charge in [-0.25, -0.2) is 4.79 Å². The first-order valence-corrected chi connectivity index (χ1v) is 9.94. The third-order valence-electron chi connectivity index (χ3n) is 4.66. The molecule has 0 aliphatic heterocycles. The van der Waals surface area contributed by atoms with E-state index in [0.29, 0.717) is 17.7 Å². The Morgan fingerprint density at radius 2 is 1.39 bits per heavy atom. The standard InChI is InChI=1S/C25H24N2O4/c1-18(28)21-12-14-22(15-13-21)26-24(29)23(16-19-8-4-2-5-9-19)27-25(30)31-17-20-10-6-3-7-11-20/h2-15,23H,16-17H2,1H3,(H,26,29)(H,27,30). The summed E-state index contributed by atoms with van der Waals surface area (Å²) in [5.74, 6) is -0.432. The average Bonchev–Trinajstić information content (AvgIpc) is 2.79. The number of hydrogen-bond donors (Lipinski definition) is 2. The summed E-state index contributed by atoms with van der Waals surface area (Å²) >= 11 is 0. The molecule has 3 aromatic rings. The van der Waals surface area contributed by atoms with Crippen molar-refractivity contribution in [2.24, 2.45) is 0 Å².